The van der Waals surface area contributed by atoms with Crippen LogP contribution in [0.25, 0.3) is 0 Å². The molecule has 0 saturated heterocycles. The summed E-state index contributed by atoms with van der Waals surface area (Å²) in [6.45, 7) is 7.92. The molecule has 38 heavy (non-hydrogen) atoms. The number of hydrogen-bond donors (Lipinski definition) is 1. The van der Waals surface area contributed by atoms with Crippen molar-refractivity contribution in [2.24, 2.45) is 5.92 Å². The second-order valence-electron chi connectivity index (χ2n) is 9.81. The van der Waals surface area contributed by atoms with Crippen LogP contribution in [0.3, 0.4) is 0 Å². The van der Waals surface area contributed by atoms with Crippen molar-refractivity contribution in [1.82, 2.24) is 10.2 Å². The minimum Gasteiger partial charge on any atom is -0.354 e. The summed E-state index contributed by atoms with van der Waals surface area (Å²) in [5.41, 5.74) is 0.775. The highest BCUT2D eigenvalue weighted by molar-refractivity contribution is 7.92. The SMILES string of the molecule is Cc1ccc(CN(C(=O)CCCN(c2cccc(C(F)(F)F)c2)S(C)(=O)=O)C(C)C(=O)NCC(C)C)cc1. The summed E-state index contributed by atoms with van der Waals surface area (Å²) in [6, 6.07) is 10.8. The lowest BCUT2D eigenvalue weighted by Gasteiger charge is -2.30. The number of sulfonamides is 1. The van der Waals surface area contributed by atoms with E-state index in [2.05, 4.69) is 5.32 Å². The van der Waals surface area contributed by atoms with Crippen molar-refractivity contribution >= 4 is 27.5 Å². The quantitative estimate of drug-likeness (QED) is 0.410. The molecule has 0 aliphatic heterocycles. The first-order chi connectivity index (χ1) is 17.6. The molecular weight excluding hydrogens is 519 g/mol. The van der Waals surface area contributed by atoms with Crippen molar-refractivity contribution in [3.05, 3.63) is 65.2 Å². The van der Waals surface area contributed by atoms with Crippen LogP contribution in [0.4, 0.5) is 18.9 Å². The van der Waals surface area contributed by atoms with Crippen LogP contribution < -0.4 is 9.62 Å². The number of halogens is 3. The summed E-state index contributed by atoms with van der Waals surface area (Å²) in [7, 11) is -3.92. The maximum absolute atomic E-state index is 13.3. The van der Waals surface area contributed by atoms with E-state index < -0.39 is 27.8 Å². The molecule has 0 fully saturated rings. The Morgan fingerprint density at radius 2 is 1.66 bits per heavy atom. The number of anilines is 1. The van der Waals surface area contributed by atoms with Crippen LogP contribution in [-0.4, -0.2) is 50.5 Å². The van der Waals surface area contributed by atoms with E-state index in [1.54, 1.807) is 6.92 Å². The first kappa shape index (κ1) is 31.1. The zero-order valence-corrected chi connectivity index (χ0v) is 23.2. The molecule has 0 aliphatic carbocycles. The summed E-state index contributed by atoms with van der Waals surface area (Å²) in [5.74, 6) is -0.443. The fourth-order valence-electron chi connectivity index (χ4n) is 3.77. The van der Waals surface area contributed by atoms with Crippen LogP contribution >= 0.6 is 0 Å². The van der Waals surface area contributed by atoms with Gasteiger partial charge in [0.2, 0.25) is 21.8 Å². The van der Waals surface area contributed by atoms with Gasteiger partial charge in [0, 0.05) is 26.1 Å². The maximum atomic E-state index is 13.3. The van der Waals surface area contributed by atoms with Crippen LogP contribution in [0.15, 0.2) is 48.5 Å². The molecule has 2 aromatic rings. The summed E-state index contributed by atoms with van der Waals surface area (Å²) < 4.78 is 65.1. The predicted octanol–water partition coefficient (Wildman–Crippen LogP) is 4.75. The molecule has 0 aliphatic rings. The smallest absolute Gasteiger partial charge is 0.354 e. The lowest BCUT2D eigenvalue weighted by atomic mass is 10.1. The van der Waals surface area contributed by atoms with Gasteiger partial charge in [-0.3, -0.25) is 13.9 Å². The van der Waals surface area contributed by atoms with Gasteiger partial charge in [-0.15, -0.1) is 0 Å². The molecule has 0 radical (unpaired) electrons. The summed E-state index contributed by atoms with van der Waals surface area (Å²) in [5, 5.41) is 2.83. The summed E-state index contributed by atoms with van der Waals surface area (Å²) in [6.07, 6.45) is -3.77. The van der Waals surface area contributed by atoms with Crippen molar-refractivity contribution < 1.29 is 31.2 Å². The lowest BCUT2D eigenvalue weighted by molar-refractivity contribution is -0.140. The molecule has 0 saturated carbocycles. The van der Waals surface area contributed by atoms with Crippen molar-refractivity contribution in [3.63, 3.8) is 0 Å². The van der Waals surface area contributed by atoms with Gasteiger partial charge in [0.1, 0.15) is 6.04 Å². The number of rotatable bonds is 12. The molecule has 210 valence electrons. The second kappa shape index (κ2) is 13.1. The highest BCUT2D eigenvalue weighted by Gasteiger charge is 2.32. The van der Waals surface area contributed by atoms with Gasteiger partial charge in [-0.25, -0.2) is 8.42 Å². The third-order valence-corrected chi connectivity index (χ3v) is 7.13. The van der Waals surface area contributed by atoms with Gasteiger partial charge < -0.3 is 10.2 Å². The third-order valence-electron chi connectivity index (χ3n) is 5.94. The average molecular weight is 556 g/mol. The largest absolute Gasteiger partial charge is 0.416 e. The van der Waals surface area contributed by atoms with E-state index in [0.29, 0.717) is 6.54 Å². The molecule has 0 spiro atoms. The van der Waals surface area contributed by atoms with Crippen molar-refractivity contribution in [1.29, 1.82) is 0 Å². The number of carbonyl (C=O) groups is 2. The van der Waals surface area contributed by atoms with Crippen LogP contribution in [0.5, 0.6) is 0 Å². The van der Waals surface area contributed by atoms with E-state index in [1.807, 2.05) is 45.0 Å². The lowest BCUT2D eigenvalue weighted by Crippen LogP contribution is -2.48. The number of nitrogens with one attached hydrogen (secondary N) is 1. The number of nitrogens with zero attached hydrogens (tertiary/aromatic N) is 2. The molecule has 0 aromatic heterocycles. The van der Waals surface area contributed by atoms with Crippen molar-refractivity contribution in [2.45, 2.75) is 59.3 Å². The van der Waals surface area contributed by atoms with E-state index in [1.165, 1.54) is 11.0 Å². The maximum Gasteiger partial charge on any atom is 0.416 e. The Labute approximate surface area is 223 Å². The third kappa shape index (κ3) is 9.34. The Kier molecular flexibility index (Phi) is 10.8. The molecule has 0 heterocycles. The zero-order chi connectivity index (χ0) is 28.7. The topological polar surface area (TPSA) is 86.8 Å². The number of carbonyl (C=O) groups excluding carboxylic acids is 2. The first-order valence-corrected chi connectivity index (χ1v) is 14.2. The minimum atomic E-state index is -4.63. The molecule has 1 N–H and O–H groups in total. The van der Waals surface area contributed by atoms with E-state index in [-0.39, 0.29) is 49.4 Å². The van der Waals surface area contributed by atoms with E-state index >= 15 is 0 Å². The normalized spacial score (nSPS) is 12.8. The van der Waals surface area contributed by atoms with Gasteiger partial charge in [0.15, 0.2) is 0 Å². The van der Waals surface area contributed by atoms with Crippen LogP contribution in [0.1, 0.15) is 50.3 Å². The van der Waals surface area contributed by atoms with Crippen LogP contribution in [-0.2, 0) is 32.3 Å². The van der Waals surface area contributed by atoms with Gasteiger partial charge in [0.05, 0.1) is 17.5 Å². The first-order valence-electron chi connectivity index (χ1n) is 12.4. The van der Waals surface area contributed by atoms with Gasteiger partial charge in [0.25, 0.3) is 0 Å². The molecular formula is C27H36F3N3O4S. The van der Waals surface area contributed by atoms with Crippen LogP contribution in [0, 0.1) is 12.8 Å². The van der Waals surface area contributed by atoms with Crippen molar-refractivity contribution in [2.75, 3.05) is 23.7 Å². The molecule has 2 rings (SSSR count). The molecule has 11 heteroatoms. The highest BCUT2D eigenvalue weighted by Crippen LogP contribution is 2.32. The Hall–Kier alpha value is -3.08. The van der Waals surface area contributed by atoms with Gasteiger partial charge in [-0.2, -0.15) is 13.2 Å². The Morgan fingerprint density at radius 1 is 1.03 bits per heavy atom. The number of alkyl halides is 3. The van der Waals surface area contributed by atoms with E-state index in [4.69, 9.17) is 0 Å². The number of benzene rings is 2. The minimum absolute atomic E-state index is 0.0485. The van der Waals surface area contributed by atoms with Gasteiger partial charge in [-0.1, -0.05) is 49.7 Å². The predicted molar refractivity (Wildman–Crippen MR) is 142 cm³/mol. The number of aryl methyl sites for hydroxylation is 1. The fraction of sp³-hybridized carbons (Fsp3) is 0.481. The Bertz CT molecular complexity index is 1200. The zero-order valence-electron chi connectivity index (χ0n) is 22.4. The molecule has 2 aromatic carbocycles. The molecule has 0 bridgehead atoms. The van der Waals surface area contributed by atoms with E-state index in [9.17, 15) is 31.2 Å². The standard InChI is InChI=1S/C27H36F3N3O4S/c1-19(2)17-31-26(35)21(4)32(18-22-13-11-20(3)12-14-22)25(34)10-7-15-33(38(5,36)37)24-9-6-8-23(16-24)27(28,29)30/h6,8-9,11-14,16,19,21H,7,10,15,17-18H2,1-5H3,(H,31,35). The van der Waals surface area contributed by atoms with Gasteiger partial charge >= 0.3 is 6.18 Å². The summed E-state index contributed by atoms with van der Waals surface area (Å²) >= 11 is 0. The van der Waals surface area contributed by atoms with E-state index in [0.717, 1.165) is 39.9 Å². The molecule has 7 nitrogen and oxygen atoms in total. The van der Waals surface area contributed by atoms with Crippen molar-refractivity contribution in [3.8, 4) is 0 Å². The fourth-order valence-corrected chi connectivity index (χ4v) is 4.72. The number of amides is 2. The van der Waals surface area contributed by atoms with Gasteiger partial charge in [-0.05, 0) is 49.9 Å². The second-order valence-corrected chi connectivity index (χ2v) is 11.7. The Balaban J connectivity index is 2.20. The highest BCUT2D eigenvalue weighted by atomic mass is 32.2. The van der Waals surface area contributed by atoms with Crippen LogP contribution in [0.2, 0.25) is 0 Å². The summed E-state index contributed by atoms with van der Waals surface area (Å²) in [4.78, 5) is 27.5. The Morgan fingerprint density at radius 3 is 2.21 bits per heavy atom. The average Bonchev–Trinajstić information content (AvgIpc) is 2.83. The molecule has 1 atom stereocenters. The monoisotopic (exact) mass is 555 g/mol. The molecule has 2 amide bonds. The number of hydrogen-bond acceptors (Lipinski definition) is 4. The molecule has 1 unspecified atom stereocenters.